The fourth-order valence-corrected chi connectivity index (χ4v) is 9.65. The molecule has 2 aliphatic heterocycles. The van der Waals surface area contributed by atoms with Crippen LogP contribution in [-0.2, 0) is 19.1 Å². The van der Waals surface area contributed by atoms with E-state index >= 15 is 0 Å². The zero-order valence-electron chi connectivity index (χ0n) is 26.3. The van der Waals surface area contributed by atoms with Crippen molar-refractivity contribution in [2.45, 2.75) is 48.1 Å². The van der Waals surface area contributed by atoms with Crippen LogP contribution in [0.3, 0.4) is 0 Å². The van der Waals surface area contributed by atoms with E-state index < -0.39 is 46.0 Å². The van der Waals surface area contributed by atoms with Crippen molar-refractivity contribution >= 4 is 79.3 Å². The molecule has 4 aromatic rings. The molecule has 0 spiro atoms. The van der Waals surface area contributed by atoms with Gasteiger partial charge in [0.05, 0.1) is 19.2 Å². The minimum Gasteiger partial charge on any atom is -0.448 e. The summed E-state index contributed by atoms with van der Waals surface area (Å²) in [6.45, 7) is 5.16. The molecule has 2 aliphatic rings. The Labute approximate surface area is 297 Å². The average molecular weight is 736 g/mol. The van der Waals surface area contributed by atoms with Crippen molar-refractivity contribution < 1.29 is 28.8 Å². The number of alkyl carbamates (subject to hydrolysis) is 1. The summed E-state index contributed by atoms with van der Waals surface area (Å²) in [6.07, 6.45) is 0.166. The lowest BCUT2D eigenvalue weighted by molar-refractivity contribution is -0.382. The first-order valence-electron chi connectivity index (χ1n) is 14.9. The quantitative estimate of drug-likeness (QED) is 0.0614. The smallest absolute Gasteiger partial charge is 0.408 e. The van der Waals surface area contributed by atoms with Crippen molar-refractivity contribution in [1.82, 2.24) is 10.2 Å². The van der Waals surface area contributed by atoms with Crippen molar-refractivity contribution in [1.29, 1.82) is 0 Å². The summed E-state index contributed by atoms with van der Waals surface area (Å²) in [5, 5.41) is 16.6. The van der Waals surface area contributed by atoms with Crippen LogP contribution in [0.5, 0.6) is 0 Å². The highest BCUT2D eigenvalue weighted by molar-refractivity contribution is 8.04. The van der Waals surface area contributed by atoms with Gasteiger partial charge in [0, 0.05) is 11.8 Å². The minimum atomic E-state index is -0.910. The second kappa shape index (κ2) is 14.2. The number of nitro groups is 1. The molecule has 2 atom stereocenters. The van der Waals surface area contributed by atoms with Crippen molar-refractivity contribution in [3.05, 3.63) is 126 Å². The highest BCUT2D eigenvalue weighted by Gasteiger charge is 2.54. The summed E-state index contributed by atoms with van der Waals surface area (Å²) in [6, 6.07) is 19.0. The molecule has 0 aliphatic carbocycles. The zero-order valence-corrected chi connectivity index (χ0v) is 29.6. The van der Waals surface area contributed by atoms with Gasteiger partial charge in [-0.1, -0.05) is 72.4 Å². The Morgan fingerprint density at radius 1 is 1.06 bits per heavy atom. The van der Waals surface area contributed by atoms with Crippen molar-refractivity contribution in [3.8, 4) is 0 Å². The number of amides is 2. The Morgan fingerprint density at radius 3 is 2.33 bits per heavy atom. The number of nitrogens with zero attached hydrogens (tertiary/aromatic N) is 2. The Hall–Kier alpha value is -4.44. The number of fused-ring (bicyclic) bond motifs is 2. The van der Waals surface area contributed by atoms with Crippen LogP contribution in [-0.4, -0.2) is 50.6 Å². The SMILES string of the molecule is CC(C)(C)OC(=O)NC1C(=O)N2C(C(=O)OC(c3ccccc3)c3ccccc3)=C(/C=C/Sc3cc(=O)c4scc([N+](=O)[O-])c4s3)CSC12. The number of rotatable bonds is 9. The van der Waals surface area contributed by atoms with Crippen molar-refractivity contribution in [2.75, 3.05) is 5.75 Å². The van der Waals surface area contributed by atoms with Crippen LogP contribution in [0, 0.1) is 10.1 Å². The molecule has 0 bridgehead atoms. The monoisotopic (exact) mass is 735 g/mol. The molecular formula is C34H29N3O8S4. The summed E-state index contributed by atoms with van der Waals surface area (Å²) in [7, 11) is 0. The number of allylic oxidation sites excluding steroid dienone is 1. The van der Waals surface area contributed by atoms with E-state index in [-0.39, 0.29) is 16.8 Å². The number of carbonyl (C=O) groups is 3. The Balaban J connectivity index is 1.32. The number of hydrogen-bond donors (Lipinski definition) is 1. The summed E-state index contributed by atoms with van der Waals surface area (Å²) >= 11 is 4.71. The van der Waals surface area contributed by atoms with Crippen molar-refractivity contribution in [2.24, 2.45) is 0 Å². The van der Waals surface area contributed by atoms with E-state index in [4.69, 9.17) is 9.47 Å². The maximum Gasteiger partial charge on any atom is 0.408 e. The highest BCUT2D eigenvalue weighted by atomic mass is 32.2. The summed E-state index contributed by atoms with van der Waals surface area (Å²) < 4.78 is 12.7. The molecule has 11 nitrogen and oxygen atoms in total. The first kappa shape index (κ1) is 34.4. The topological polar surface area (TPSA) is 145 Å². The van der Waals surface area contributed by atoms with Crippen LogP contribution >= 0.6 is 46.2 Å². The van der Waals surface area contributed by atoms with Crippen LogP contribution in [0.15, 0.2) is 104 Å². The maximum absolute atomic E-state index is 14.2. The largest absolute Gasteiger partial charge is 0.448 e. The first-order chi connectivity index (χ1) is 23.4. The molecule has 1 N–H and O–H groups in total. The van der Waals surface area contributed by atoms with Gasteiger partial charge < -0.3 is 14.8 Å². The molecule has 49 heavy (non-hydrogen) atoms. The van der Waals surface area contributed by atoms with Crippen molar-refractivity contribution in [3.63, 3.8) is 0 Å². The molecule has 2 unspecified atom stereocenters. The summed E-state index contributed by atoms with van der Waals surface area (Å²) in [4.78, 5) is 65.3. The molecule has 6 rings (SSSR count). The third kappa shape index (κ3) is 7.44. The minimum absolute atomic E-state index is 0.0433. The number of carbonyl (C=O) groups excluding carboxylic acids is 3. The Bertz CT molecular complexity index is 2010. The van der Waals surface area contributed by atoms with E-state index in [9.17, 15) is 29.3 Å². The average Bonchev–Trinajstić information content (AvgIpc) is 3.51. The van der Waals surface area contributed by atoms with E-state index in [2.05, 4.69) is 5.32 Å². The lowest BCUT2D eigenvalue weighted by Gasteiger charge is -2.49. The normalized spacial score (nSPS) is 17.6. The number of thioether (sulfide) groups is 2. The van der Waals surface area contributed by atoms with Gasteiger partial charge in [-0.25, -0.2) is 9.59 Å². The number of hydrogen-bond acceptors (Lipinski definition) is 12. The lowest BCUT2D eigenvalue weighted by Crippen LogP contribution is -2.70. The van der Waals surface area contributed by atoms with Gasteiger partial charge in [-0.3, -0.25) is 24.6 Å². The molecule has 252 valence electrons. The number of β-lactam (4-membered cyclic amide) rings is 1. The number of benzene rings is 2. The van der Waals surface area contributed by atoms with Gasteiger partial charge in [-0.05, 0) is 49.0 Å². The first-order valence-corrected chi connectivity index (χ1v) is 18.5. The van der Waals surface area contributed by atoms with E-state index in [0.717, 1.165) is 33.8 Å². The standard InChI is InChI=1S/C34H29N3O8S4/c1-34(2,3)45-33(41)35-25-30(39)36-26(32(40)44-27(19-10-6-4-7-11-19)20-12-8-5-9-13-20)21(17-48-31(25)36)14-15-46-24-16-23(38)29-28(49-24)22(18-47-29)37(42)43/h4-16,18,25,27,31H,17H2,1-3H3,(H,35,41)/b15-14+. The predicted molar refractivity (Wildman–Crippen MR) is 192 cm³/mol. The molecule has 15 heteroatoms. The highest BCUT2D eigenvalue weighted by Crippen LogP contribution is 2.43. The third-order valence-electron chi connectivity index (χ3n) is 7.35. The second-order valence-corrected chi connectivity index (χ2v) is 16.1. The number of thiophene rings is 1. The molecule has 2 amide bonds. The zero-order chi connectivity index (χ0) is 34.9. The summed E-state index contributed by atoms with van der Waals surface area (Å²) in [5.74, 6) is -0.913. The fourth-order valence-electron chi connectivity index (χ4n) is 5.22. The molecule has 1 saturated heterocycles. The van der Waals surface area contributed by atoms with E-state index in [0.29, 0.717) is 24.9 Å². The van der Waals surface area contributed by atoms with E-state index in [1.54, 1.807) is 32.3 Å². The van der Waals surface area contributed by atoms with Gasteiger partial charge in [0.25, 0.3) is 11.6 Å². The molecule has 1 fully saturated rings. The van der Waals surface area contributed by atoms with Crippen LogP contribution in [0.2, 0.25) is 0 Å². The Kier molecular flexibility index (Phi) is 9.97. The van der Waals surface area contributed by atoms with Crippen LogP contribution in [0.1, 0.15) is 38.0 Å². The third-order valence-corrected chi connectivity index (χ3v) is 11.9. The lowest BCUT2D eigenvalue weighted by atomic mass is 10.0. The van der Waals surface area contributed by atoms with Crippen LogP contribution in [0.25, 0.3) is 9.40 Å². The number of ether oxygens (including phenoxy) is 2. The molecule has 4 heterocycles. The maximum atomic E-state index is 14.2. The number of nitrogens with one attached hydrogen (secondary N) is 1. The molecular weight excluding hydrogens is 707 g/mol. The summed E-state index contributed by atoms with van der Waals surface area (Å²) in [5.41, 5.74) is 0.822. The van der Waals surface area contributed by atoms with Gasteiger partial charge >= 0.3 is 12.1 Å². The van der Waals surface area contributed by atoms with Gasteiger partial charge in [0.2, 0.25) is 0 Å². The van der Waals surface area contributed by atoms with Gasteiger partial charge in [0.1, 0.15) is 27.4 Å². The van der Waals surface area contributed by atoms with Crippen LogP contribution < -0.4 is 10.7 Å². The molecule has 0 saturated carbocycles. The number of esters is 1. The Morgan fingerprint density at radius 2 is 1.71 bits per heavy atom. The van der Waals surface area contributed by atoms with Crippen LogP contribution in [0.4, 0.5) is 10.5 Å². The molecule has 2 aromatic carbocycles. The van der Waals surface area contributed by atoms with E-state index in [1.807, 2.05) is 60.7 Å². The molecule has 2 aromatic heterocycles. The van der Waals surface area contributed by atoms with E-state index in [1.165, 1.54) is 39.9 Å². The predicted octanol–water partition coefficient (Wildman–Crippen LogP) is 7.23. The van der Waals surface area contributed by atoms with Gasteiger partial charge in [0.15, 0.2) is 11.5 Å². The second-order valence-electron chi connectivity index (χ2n) is 11.9. The molecule has 0 radical (unpaired) electrons. The fraction of sp³-hybridized carbons (Fsp3) is 0.235. The van der Waals surface area contributed by atoms with Gasteiger partial charge in [-0.15, -0.1) is 34.4 Å². The van der Waals surface area contributed by atoms with Gasteiger partial charge in [-0.2, -0.15) is 0 Å².